The Labute approximate surface area is 169 Å². The third-order valence-corrected chi connectivity index (χ3v) is 3.62. The van der Waals surface area contributed by atoms with E-state index in [1.54, 1.807) is 64.1 Å². The average molecular weight is 404 g/mol. The van der Waals surface area contributed by atoms with Crippen LogP contribution in [0, 0.1) is 0 Å². The number of nitrogens with one attached hydrogen (secondary N) is 1. The van der Waals surface area contributed by atoms with Crippen LogP contribution in [-0.2, 0) is 20.7 Å². The minimum atomic E-state index is -1.01. The number of pyridine rings is 1. The largest absolute Gasteiger partial charge is 0.458 e. The molecule has 2 heterocycles. The lowest BCUT2D eigenvalue weighted by Crippen LogP contribution is -2.47. The van der Waals surface area contributed by atoms with Crippen LogP contribution >= 0.6 is 0 Å². The number of fused-ring (bicyclic) bond motifs is 1. The van der Waals surface area contributed by atoms with Gasteiger partial charge in [-0.25, -0.2) is 14.6 Å². The molecule has 1 atom stereocenters. The van der Waals surface area contributed by atoms with Crippen molar-refractivity contribution in [1.82, 2.24) is 14.7 Å². The van der Waals surface area contributed by atoms with E-state index in [-0.39, 0.29) is 12.1 Å². The molecule has 2 amide bonds. The molecule has 0 aliphatic carbocycles. The van der Waals surface area contributed by atoms with Crippen LogP contribution in [0.1, 0.15) is 57.7 Å². The number of ether oxygens (including phenoxy) is 2. The van der Waals surface area contributed by atoms with Crippen molar-refractivity contribution in [1.29, 1.82) is 0 Å². The summed E-state index contributed by atoms with van der Waals surface area (Å²) in [7, 11) is 0. The van der Waals surface area contributed by atoms with Crippen molar-refractivity contribution in [3.63, 3.8) is 0 Å². The SMILES string of the molecule is CC(C)(C)OC(=O)N[C@@H](Cc1cccc2nc(C(N)=O)cn12)C(=O)OC(C)(C)C. The van der Waals surface area contributed by atoms with E-state index in [0.29, 0.717) is 11.3 Å². The predicted octanol–water partition coefficient (Wildman–Crippen LogP) is 2.21. The Kier molecular flexibility index (Phi) is 6.20. The third-order valence-electron chi connectivity index (χ3n) is 3.62. The lowest BCUT2D eigenvalue weighted by molar-refractivity contribution is -0.157. The number of aromatic nitrogens is 2. The molecule has 0 fully saturated rings. The molecule has 0 unspecified atom stereocenters. The second-order valence-electron chi connectivity index (χ2n) is 8.67. The molecule has 2 aromatic rings. The van der Waals surface area contributed by atoms with Crippen molar-refractivity contribution < 1.29 is 23.9 Å². The Morgan fingerprint density at radius 3 is 2.28 bits per heavy atom. The summed E-state index contributed by atoms with van der Waals surface area (Å²) in [4.78, 5) is 40.6. The van der Waals surface area contributed by atoms with Gasteiger partial charge >= 0.3 is 12.1 Å². The molecule has 0 bridgehead atoms. The summed E-state index contributed by atoms with van der Waals surface area (Å²) in [6.45, 7) is 10.4. The van der Waals surface area contributed by atoms with Crippen molar-refractivity contribution in [2.75, 3.05) is 0 Å². The number of carbonyl (C=O) groups is 3. The van der Waals surface area contributed by atoms with Crippen molar-refractivity contribution in [3.05, 3.63) is 35.8 Å². The highest BCUT2D eigenvalue weighted by Crippen LogP contribution is 2.15. The first-order chi connectivity index (χ1) is 13.2. The molecule has 0 radical (unpaired) electrons. The lowest BCUT2D eigenvalue weighted by Gasteiger charge is -2.26. The van der Waals surface area contributed by atoms with Gasteiger partial charge < -0.3 is 24.9 Å². The van der Waals surface area contributed by atoms with E-state index in [9.17, 15) is 14.4 Å². The maximum absolute atomic E-state index is 12.7. The number of hydrogen-bond acceptors (Lipinski definition) is 6. The smallest absolute Gasteiger partial charge is 0.408 e. The number of primary amides is 1. The molecule has 0 saturated heterocycles. The number of nitrogens with two attached hydrogens (primary N) is 1. The van der Waals surface area contributed by atoms with Gasteiger partial charge in [-0.2, -0.15) is 0 Å². The molecule has 0 aliphatic rings. The van der Waals surface area contributed by atoms with Crippen molar-refractivity contribution in [3.8, 4) is 0 Å². The maximum Gasteiger partial charge on any atom is 0.408 e. The minimum Gasteiger partial charge on any atom is -0.458 e. The number of carbonyl (C=O) groups excluding carboxylic acids is 3. The van der Waals surface area contributed by atoms with Gasteiger partial charge in [-0.15, -0.1) is 0 Å². The third kappa shape index (κ3) is 6.48. The Morgan fingerprint density at radius 2 is 1.72 bits per heavy atom. The lowest BCUT2D eigenvalue weighted by atomic mass is 10.1. The highest BCUT2D eigenvalue weighted by molar-refractivity contribution is 5.91. The predicted molar refractivity (Wildman–Crippen MR) is 106 cm³/mol. The summed E-state index contributed by atoms with van der Waals surface area (Å²) in [5.74, 6) is -1.26. The molecule has 158 valence electrons. The van der Waals surface area contributed by atoms with Gasteiger partial charge in [0, 0.05) is 18.3 Å². The first-order valence-electron chi connectivity index (χ1n) is 9.24. The zero-order chi connectivity index (χ0) is 22.0. The highest BCUT2D eigenvalue weighted by Gasteiger charge is 2.29. The fourth-order valence-electron chi connectivity index (χ4n) is 2.58. The van der Waals surface area contributed by atoms with Crippen molar-refractivity contribution in [2.45, 2.75) is 65.2 Å². The van der Waals surface area contributed by atoms with Crippen LogP contribution in [0.3, 0.4) is 0 Å². The van der Waals surface area contributed by atoms with E-state index in [1.165, 1.54) is 6.20 Å². The van der Waals surface area contributed by atoms with E-state index in [4.69, 9.17) is 15.2 Å². The summed E-state index contributed by atoms with van der Waals surface area (Å²) < 4.78 is 12.4. The number of alkyl carbamates (subject to hydrolysis) is 1. The number of hydrogen-bond donors (Lipinski definition) is 2. The van der Waals surface area contributed by atoms with Crippen LogP contribution in [0.15, 0.2) is 24.4 Å². The van der Waals surface area contributed by atoms with Crippen LogP contribution in [-0.4, -0.2) is 44.6 Å². The van der Waals surface area contributed by atoms with Gasteiger partial charge in [0.1, 0.15) is 28.6 Å². The maximum atomic E-state index is 12.7. The number of imidazole rings is 1. The molecular formula is C20H28N4O5. The van der Waals surface area contributed by atoms with E-state index in [1.807, 2.05) is 0 Å². The van der Waals surface area contributed by atoms with Gasteiger partial charge in [0.15, 0.2) is 0 Å². The monoisotopic (exact) mass is 404 g/mol. The highest BCUT2D eigenvalue weighted by atomic mass is 16.6. The van der Waals surface area contributed by atoms with E-state index in [2.05, 4.69) is 10.3 Å². The zero-order valence-electron chi connectivity index (χ0n) is 17.6. The van der Waals surface area contributed by atoms with Crippen LogP contribution in [0.25, 0.3) is 5.65 Å². The minimum absolute atomic E-state index is 0.0973. The molecule has 2 aromatic heterocycles. The molecule has 29 heavy (non-hydrogen) atoms. The van der Waals surface area contributed by atoms with Gasteiger partial charge in [0.25, 0.3) is 5.91 Å². The fourth-order valence-corrected chi connectivity index (χ4v) is 2.58. The average Bonchev–Trinajstić information content (AvgIpc) is 2.96. The molecule has 0 spiro atoms. The first kappa shape index (κ1) is 22.2. The summed E-state index contributed by atoms with van der Waals surface area (Å²) in [6, 6.07) is 4.20. The summed E-state index contributed by atoms with van der Waals surface area (Å²) in [5.41, 5.74) is 5.09. The van der Waals surface area contributed by atoms with E-state index >= 15 is 0 Å². The summed E-state index contributed by atoms with van der Waals surface area (Å²) in [6.07, 6.45) is 0.858. The Morgan fingerprint density at radius 1 is 1.10 bits per heavy atom. The molecule has 2 rings (SSSR count). The normalized spacial score (nSPS) is 13.0. The van der Waals surface area contributed by atoms with Crippen molar-refractivity contribution >= 4 is 23.6 Å². The Bertz CT molecular complexity index is 921. The van der Waals surface area contributed by atoms with Crippen LogP contribution < -0.4 is 11.1 Å². The summed E-state index contributed by atoms with van der Waals surface area (Å²) >= 11 is 0. The van der Waals surface area contributed by atoms with Crippen molar-refractivity contribution in [2.24, 2.45) is 5.73 Å². The van der Waals surface area contributed by atoms with Gasteiger partial charge in [-0.05, 0) is 53.7 Å². The second-order valence-corrected chi connectivity index (χ2v) is 8.67. The van der Waals surface area contributed by atoms with Crippen LogP contribution in [0.5, 0.6) is 0 Å². The fraction of sp³-hybridized carbons (Fsp3) is 0.500. The molecule has 0 aliphatic heterocycles. The summed E-state index contributed by atoms with van der Waals surface area (Å²) in [5, 5.41) is 2.58. The van der Waals surface area contributed by atoms with Gasteiger partial charge in [0.2, 0.25) is 0 Å². The number of esters is 1. The molecule has 9 heteroatoms. The van der Waals surface area contributed by atoms with Gasteiger partial charge in [-0.3, -0.25) is 4.79 Å². The zero-order valence-corrected chi connectivity index (χ0v) is 17.6. The Balaban J connectivity index is 2.33. The first-order valence-corrected chi connectivity index (χ1v) is 9.24. The van der Waals surface area contributed by atoms with E-state index in [0.717, 1.165) is 0 Å². The number of rotatable bonds is 5. The molecule has 3 N–H and O–H groups in total. The molecule has 0 saturated carbocycles. The number of nitrogens with zero attached hydrogens (tertiary/aromatic N) is 2. The Hall–Kier alpha value is -3.10. The second kappa shape index (κ2) is 8.10. The molecule has 0 aromatic carbocycles. The van der Waals surface area contributed by atoms with Crippen LogP contribution in [0.2, 0.25) is 0 Å². The topological polar surface area (TPSA) is 125 Å². The standard InChI is InChI=1S/C20H28N4O5/c1-19(2,3)28-17(26)13(23-18(27)29-20(4,5)6)10-12-8-7-9-15-22-14(16(21)25)11-24(12)15/h7-9,11,13H,10H2,1-6H3,(H2,21,25)(H,23,27)/t13-/m0/s1. The van der Waals surface area contributed by atoms with E-state index < -0.39 is 35.2 Å². The van der Waals surface area contributed by atoms with Gasteiger partial charge in [0.05, 0.1) is 0 Å². The molecule has 9 nitrogen and oxygen atoms in total. The van der Waals surface area contributed by atoms with Gasteiger partial charge in [-0.1, -0.05) is 6.07 Å². The van der Waals surface area contributed by atoms with Crippen LogP contribution in [0.4, 0.5) is 4.79 Å². The molecular weight excluding hydrogens is 376 g/mol. The quantitative estimate of drug-likeness (QED) is 0.736. The number of amides is 2.